The Kier molecular flexibility index (Phi) is 4.87. The highest BCUT2D eigenvalue weighted by Crippen LogP contribution is 2.35. The van der Waals surface area contributed by atoms with E-state index in [-0.39, 0.29) is 0 Å². The van der Waals surface area contributed by atoms with Gasteiger partial charge in [-0.25, -0.2) is 0 Å². The third kappa shape index (κ3) is 3.54. The normalized spacial score (nSPS) is 19.3. The van der Waals surface area contributed by atoms with E-state index in [1.165, 1.54) is 50.3 Å². The first-order chi connectivity index (χ1) is 10.7. The van der Waals surface area contributed by atoms with E-state index in [9.17, 15) is 0 Å². The van der Waals surface area contributed by atoms with E-state index >= 15 is 0 Å². The highest BCUT2D eigenvalue weighted by Gasteiger charge is 2.36. The molecule has 0 radical (unpaired) electrons. The molecule has 1 aromatic carbocycles. The predicted octanol–water partition coefficient (Wildman–Crippen LogP) is 5.92. The topological polar surface area (TPSA) is 3.24 Å². The largest absolute Gasteiger partial charge is 0.395 e. The second-order valence-electron chi connectivity index (χ2n) is 7.44. The van der Waals surface area contributed by atoms with Crippen molar-refractivity contribution in [2.75, 3.05) is 4.57 Å². The lowest BCUT2D eigenvalue weighted by molar-refractivity contribution is 0.440. The molecule has 22 heavy (non-hydrogen) atoms. The van der Waals surface area contributed by atoms with Crippen LogP contribution in [0.5, 0.6) is 0 Å². The van der Waals surface area contributed by atoms with Crippen LogP contribution in [-0.2, 0) is 0 Å². The van der Waals surface area contributed by atoms with Crippen LogP contribution in [0.2, 0.25) is 19.1 Å². The highest BCUT2D eigenvalue weighted by atomic mass is 28.3. The van der Waals surface area contributed by atoms with Gasteiger partial charge in [0.2, 0.25) is 0 Å². The van der Waals surface area contributed by atoms with Gasteiger partial charge in [-0.3, -0.25) is 0 Å². The molecular weight excluding hydrogens is 282 g/mol. The van der Waals surface area contributed by atoms with Gasteiger partial charge in [0.1, 0.15) is 0 Å². The summed E-state index contributed by atoms with van der Waals surface area (Å²) in [5, 5.41) is 0. The van der Waals surface area contributed by atoms with Crippen LogP contribution in [0.1, 0.15) is 38.5 Å². The quantitative estimate of drug-likeness (QED) is 0.610. The van der Waals surface area contributed by atoms with E-state index in [1.54, 1.807) is 5.57 Å². The Morgan fingerprint density at radius 2 is 1.77 bits per heavy atom. The molecule has 2 heteroatoms. The molecule has 0 amide bonds. The minimum atomic E-state index is -1.50. The van der Waals surface area contributed by atoms with Gasteiger partial charge >= 0.3 is 0 Å². The summed E-state index contributed by atoms with van der Waals surface area (Å²) in [7, 11) is -1.50. The van der Waals surface area contributed by atoms with Gasteiger partial charge < -0.3 is 4.57 Å². The highest BCUT2D eigenvalue weighted by molar-refractivity contribution is 6.81. The lowest BCUT2D eigenvalue weighted by Crippen LogP contribution is -2.55. The molecule has 0 bridgehead atoms. The Morgan fingerprint density at radius 3 is 2.41 bits per heavy atom. The summed E-state index contributed by atoms with van der Waals surface area (Å²) in [5.41, 5.74) is 3.09. The van der Waals surface area contributed by atoms with Crippen LogP contribution in [0.3, 0.4) is 0 Å². The van der Waals surface area contributed by atoms with E-state index in [2.05, 4.69) is 66.2 Å². The molecule has 0 saturated heterocycles. The maximum absolute atomic E-state index is 2.87. The van der Waals surface area contributed by atoms with Gasteiger partial charge in [0, 0.05) is 11.7 Å². The third-order valence-corrected chi connectivity index (χ3v) is 8.38. The fraction of sp³-hybridized carbons (Fsp3) is 0.500. The van der Waals surface area contributed by atoms with Crippen molar-refractivity contribution in [2.24, 2.45) is 0 Å². The fourth-order valence-electron chi connectivity index (χ4n) is 4.25. The molecule has 0 aromatic heterocycles. The zero-order chi connectivity index (χ0) is 15.4. The first-order valence-electron chi connectivity index (χ1n) is 8.86. The molecule has 0 unspecified atom stereocenters. The second-order valence-corrected chi connectivity index (χ2v) is 11.9. The first-order valence-corrected chi connectivity index (χ1v) is 12.0. The number of anilines is 1. The molecular formula is C20H29NSi. The predicted molar refractivity (Wildman–Crippen MR) is 99.9 cm³/mol. The molecule has 0 heterocycles. The summed E-state index contributed by atoms with van der Waals surface area (Å²) in [6, 6.07) is 13.2. The summed E-state index contributed by atoms with van der Waals surface area (Å²) in [5.74, 6) is 0. The number of benzene rings is 1. The summed E-state index contributed by atoms with van der Waals surface area (Å²) < 4.78 is 2.87. The van der Waals surface area contributed by atoms with Gasteiger partial charge in [0.15, 0.2) is 8.24 Å². The molecule has 1 fully saturated rings. The standard InChI is InChI=1S/C20H29NSi/c1-22(2,17-18-11-9-10-12-18)21(19-13-5-3-6-14-19)20-15-7-4-8-16-20/h3,5-6,9-11,13-14,20H,4,7-8,12,15-17H2,1-2H3. The van der Waals surface area contributed by atoms with Crippen LogP contribution in [0.4, 0.5) is 5.69 Å². The van der Waals surface area contributed by atoms with E-state index < -0.39 is 8.24 Å². The Morgan fingerprint density at radius 1 is 1.05 bits per heavy atom. The van der Waals surface area contributed by atoms with Crippen molar-refractivity contribution in [2.45, 2.75) is 63.7 Å². The molecule has 118 valence electrons. The molecule has 0 aliphatic heterocycles. The molecule has 0 atom stereocenters. The van der Waals surface area contributed by atoms with Crippen LogP contribution < -0.4 is 4.57 Å². The Balaban J connectivity index is 1.86. The third-order valence-electron chi connectivity index (χ3n) is 5.13. The maximum Gasteiger partial charge on any atom is 0.154 e. The van der Waals surface area contributed by atoms with Gasteiger partial charge in [0.25, 0.3) is 0 Å². The van der Waals surface area contributed by atoms with Gasteiger partial charge in [-0.2, -0.15) is 0 Å². The van der Waals surface area contributed by atoms with Crippen molar-refractivity contribution < 1.29 is 0 Å². The van der Waals surface area contributed by atoms with Gasteiger partial charge in [-0.15, -0.1) is 0 Å². The second kappa shape index (κ2) is 6.87. The molecule has 1 saturated carbocycles. The number of nitrogens with zero attached hydrogens (tertiary/aromatic N) is 1. The molecule has 1 nitrogen and oxygen atoms in total. The first kappa shape index (κ1) is 15.6. The molecule has 3 rings (SSSR count). The minimum absolute atomic E-state index is 0.757. The van der Waals surface area contributed by atoms with Crippen LogP contribution >= 0.6 is 0 Å². The van der Waals surface area contributed by atoms with Crippen LogP contribution in [0.25, 0.3) is 0 Å². The van der Waals surface area contributed by atoms with Crippen molar-refractivity contribution in [1.29, 1.82) is 0 Å². The zero-order valence-electron chi connectivity index (χ0n) is 14.1. The number of rotatable bonds is 5. The van der Waals surface area contributed by atoms with Crippen LogP contribution in [-0.4, -0.2) is 14.3 Å². The van der Waals surface area contributed by atoms with E-state index in [1.807, 2.05) is 0 Å². The van der Waals surface area contributed by atoms with E-state index in [0.717, 1.165) is 6.04 Å². The fourth-order valence-corrected chi connectivity index (χ4v) is 7.88. The molecule has 0 N–H and O–H groups in total. The van der Waals surface area contributed by atoms with E-state index in [0.29, 0.717) is 0 Å². The summed E-state index contributed by atoms with van der Waals surface area (Å²) in [6.45, 7) is 5.13. The van der Waals surface area contributed by atoms with Gasteiger partial charge in [0.05, 0.1) is 0 Å². The summed E-state index contributed by atoms with van der Waals surface area (Å²) >= 11 is 0. The summed E-state index contributed by atoms with van der Waals surface area (Å²) in [6.07, 6.45) is 15.0. The van der Waals surface area contributed by atoms with Crippen molar-refractivity contribution in [1.82, 2.24) is 0 Å². The number of hydrogen-bond acceptors (Lipinski definition) is 1. The molecule has 0 spiro atoms. The van der Waals surface area contributed by atoms with Crippen molar-refractivity contribution in [3.63, 3.8) is 0 Å². The smallest absolute Gasteiger partial charge is 0.154 e. The minimum Gasteiger partial charge on any atom is -0.395 e. The molecule has 1 aromatic rings. The maximum atomic E-state index is 2.87. The summed E-state index contributed by atoms with van der Waals surface area (Å²) in [4.78, 5) is 0. The lowest BCUT2D eigenvalue weighted by Gasteiger charge is -2.46. The van der Waals surface area contributed by atoms with Crippen molar-refractivity contribution in [3.8, 4) is 0 Å². The van der Waals surface area contributed by atoms with Crippen molar-refractivity contribution >= 4 is 13.9 Å². The molecule has 2 aliphatic rings. The average molecular weight is 312 g/mol. The van der Waals surface area contributed by atoms with Crippen molar-refractivity contribution in [3.05, 3.63) is 54.1 Å². The lowest BCUT2D eigenvalue weighted by atomic mass is 9.95. The Hall–Kier alpha value is -1.28. The number of hydrogen-bond donors (Lipinski definition) is 0. The van der Waals surface area contributed by atoms with Crippen LogP contribution in [0.15, 0.2) is 54.1 Å². The number of para-hydroxylation sites is 1. The monoisotopic (exact) mass is 311 g/mol. The van der Waals surface area contributed by atoms with Crippen LogP contribution in [0, 0.1) is 0 Å². The van der Waals surface area contributed by atoms with Gasteiger partial charge in [-0.05, 0) is 37.4 Å². The van der Waals surface area contributed by atoms with E-state index in [4.69, 9.17) is 0 Å². The SMILES string of the molecule is C[Si](C)(CC1=CC=CC1)N(c1ccccc1)C1CCCCC1. The average Bonchev–Trinajstić information content (AvgIpc) is 3.01. The Bertz CT molecular complexity index is 538. The molecule has 2 aliphatic carbocycles. The zero-order valence-corrected chi connectivity index (χ0v) is 15.1. The number of allylic oxidation sites excluding steroid dienone is 4. The van der Waals surface area contributed by atoms with Gasteiger partial charge in [-0.1, -0.05) is 74.4 Å². The Labute approximate surface area is 136 Å².